The van der Waals surface area contributed by atoms with Crippen LogP contribution in [0, 0.1) is 0 Å². The van der Waals surface area contributed by atoms with E-state index in [1.54, 1.807) is 81.5 Å². The number of carbonyl (C=O) groups is 4. The molecule has 4 aliphatic rings. The zero-order valence-corrected chi connectivity index (χ0v) is 16.9. The van der Waals surface area contributed by atoms with Crippen LogP contribution in [0.15, 0.2) is 0 Å². The van der Waals surface area contributed by atoms with Crippen molar-refractivity contribution < 1.29 is 19.2 Å². The molecule has 0 aliphatic carbocycles. The lowest BCUT2D eigenvalue weighted by molar-refractivity contribution is 0.111. The monoisotopic (exact) mass is 394 g/mol. The summed E-state index contributed by atoms with van der Waals surface area (Å²) in [4.78, 5) is 62.7. The Bertz CT molecular complexity index is 699. The number of nitrogens with zero attached hydrogens (tertiary/aromatic N) is 8. The van der Waals surface area contributed by atoms with Crippen LogP contribution in [-0.4, -0.2) is 143 Å². The third-order valence-electron chi connectivity index (χ3n) is 6.44. The van der Waals surface area contributed by atoms with E-state index in [-0.39, 0.29) is 49.5 Å². The highest BCUT2D eigenvalue weighted by atomic mass is 16.2. The Balaban J connectivity index is 1.54. The molecular formula is C16H26N8O4. The minimum atomic E-state index is -0.410. The summed E-state index contributed by atoms with van der Waals surface area (Å²) in [6, 6.07) is -0.685. The van der Waals surface area contributed by atoms with Crippen molar-refractivity contribution in [1.82, 2.24) is 39.2 Å². The average Bonchev–Trinajstić information content (AvgIpc) is 3.23. The van der Waals surface area contributed by atoms with Crippen LogP contribution >= 0.6 is 0 Å². The molecule has 4 rings (SSSR count). The predicted molar refractivity (Wildman–Crippen MR) is 96.7 cm³/mol. The van der Waals surface area contributed by atoms with Crippen molar-refractivity contribution >= 4 is 24.1 Å². The zero-order valence-electron chi connectivity index (χ0n) is 16.9. The smallest absolute Gasteiger partial charge is 0.303 e. The van der Waals surface area contributed by atoms with Gasteiger partial charge in [-0.2, -0.15) is 0 Å². The van der Waals surface area contributed by atoms with Crippen molar-refractivity contribution in [2.75, 3.05) is 55.4 Å². The van der Waals surface area contributed by atoms with Crippen LogP contribution in [0.4, 0.5) is 19.2 Å². The quantitative estimate of drug-likeness (QED) is 0.615. The van der Waals surface area contributed by atoms with E-state index in [0.717, 1.165) is 0 Å². The molecule has 12 heteroatoms. The van der Waals surface area contributed by atoms with E-state index in [1.807, 2.05) is 0 Å². The minimum absolute atomic E-state index is 0.154. The number of carbonyl (C=O) groups excluding carboxylic acids is 4. The van der Waals surface area contributed by atoms with Gasteiger partial charge in [-0.25, -0.2) is 19.2 Å². The van der Waals surface area contributed by atoms with Gasteiger partial charge in [0.25, 0.3) is 0 Å². The molecule has 0 aromatic carbocycles. The highest BCUT2D eigenvalue weighted by Crippen LogP contribution is 2.34. The summed E-state index contributed by atoms with van der Waals surface area (Å²) in [5.74, 6) is 0. The van der Waals surface area contributed by atoms with Gasteiger partial charge in [-0.3, -0.25) is 9.80 Å². The van der Waals surface area contributed by atoms with Gasteiger partial charge in [0.1, 0.15) is 24.7 Å². The van der Waals surface area contributed by atoms with Gasteiger partial charge in [-0.05, 0) is 0 Å². The van der Waals surface area contributed by atoms with Gasteiger partial charge in [-0.1, -0.05) is 0 Å². The first-order valence-corrected chi connectivity index (χ1v) is 9.15. The molecular weight excluding hydrogens is 368 g/mol. The van der Waals surface area contributed by atoms with E-state index in [1.165, 1.54) is 0 Å². The van der Waals surface area contributed by atoms with E-state index in [4.69, 9.17) is 0 Å². The summed E-state index contributed by atoms with van der Waals surface area (Å²) in [7, 11) is 10.0. The summed E-state index contributed by atoms with van der Waals surface area (Å²) >= 11 is 0. The molecule has 0 spiro atoms. The van der Waals surface area contributed by atoms with Crippen LogP contribution in [0.1, 0.15) is 0 Å². The summed E-state index contributed by atoms with van der Waals surface area (Å²) < 4.78 is 0. The minimum Gasteiger partial charge on any atom is -0.303 e. The second kappa shape index (κ2) is 5.79. The van der Waals surface area contributed by atoms with Crippen molar-refractivity contribution in [3.8, 4) is 0 Å². The van der Waals surface area contributed by atoms with Gasteiger partial charge in [0.05, 0.1) is 0 Å². The molecule has 0 radical (unpaired) electrons. The number of rotatable bonds is 3. The number of hydrogen-bond acceptors (Lipinski definition) is 4. The van der Waals surface area contributed by atoms with E-state index in [2.05, 4.69) is 0 Å². The fraction of sp³-hybridized carbons (Fsp3) is 0.750. The highest BCUT2D eigenvalue weighted by molar-refractivity contribution is 5.86. The molecule has 0 aromatic rings. The lowest BCUT2D eigenvalue weighted by atomic mass is 10.3. The van der Waals surface area contributed by atoms with E-state index < -0.39 is 12.3 Å². The van der Waals surface area contributed by atoms with Gasteiger partial charge in [0, 0.05) is 55.4 Å². The Kier molecular flexibility index (Phi) is 3.81. The SMILES string of the molecule is CN1C(=O)N(C)[C@H]2[C@H]1N(C)C(=O)N2CCN1C(=O)N(C)[C@H]2[C@@H]1N(C)C(=O)N2C. The molecule has 0 saturated carbocycles. The topological polar surface area (TPSA) is 94.2 Å². The first kappa shape index (κ1) is 18.4. The molecule has 4 aliphatic heterocycles. The van der Waals surface area contributed by atoms with E-state index in [9.17, 15) is 19.2 Å². The summed E-state index contributed by atoms with van der Waals surface area (Å²) in [5, 5.41) is 0. The maximum Gasteiger partial charge on any atom is 0.323 e. The lowest BCUT2D eigenvalue weighted by Crippen LogP contribution is -2.51. The van der Waals surface area contributed by atoms with Crippen LogP contribution in [-0.2, 0) is 0 Å². The van der Waals surface area contributed by atoms with Crippen molar-refractivity contribution in [2.45, 2.75) is 24.7 Å². The van der Waals surface area contributed by atoms with Crippen LogP contribution < -0.4 is 0 Å². The molecule has 4 heterocycles. The molecule has 4 saturated heterocycles. The van der Waals surface area contributed by atoms with Crippen molar-refractivity contribution in [3.05, 3.63) is 0 Å². The standard InChI is InChI=1S/C16H26N8O4/c1-17-9-11(21(5)13(17)25)23(15(27)19(9)3)7-8-24-12-10(20(4)16(24)28)18(2)14(26)22(12)6/h9-12H,7-8H2,1-6H3/t9-,10+,11-,12-/m1/s1. The maximum atomic E-state index is 12.8. The molecule has 12 nitrogen and oxygen atoms in total. The molecule has 0 unspecified atom stereocenters. The first-order valence-electron chi connectivity index (χ1n) is 9.15. The van der Waals surface area contributed by atoms with Crippen LogP contribution in [0.25, 0.3) is 0 Å². The number of likely N-dealkylation sites (N-methyl/N-ethyl adjacent to an activating group) is 6. The molecule has 8 amide bonds. The van der Waals surface area contributed by atoms with Gasteiger partial charge in [0.15, 0.2) is 0 Å². The number of urea groups is 4. The van der Waals surface area contributed by atoms with E-state index in [0.29, 0.717) is 0 Å². The van der Waals surface area contributed by atoms with E-state index >= 15 is 0 Å². The lowest BCUT2D eigenvalue weighted by Gasteiger charge is -2.31. The zero-order chi connectivity index (χ0) is 20.7. The molecule has 0 bridgehead atoms. The molecule has 154 valence electrons. The summed E-state index contributed by atoms with van der Waals surface area (Å²) in [6.07, 6.45) is -1.55. The molecule has 28 heavy (non-hydrogen) atoms. The molecule has 0 aromatic heterocycles. The Labute approximate surface area is 163 Å². The number of amides is 8. The van der Waals surface area contributed by atoms with Gasteiger partial charge < -0.3 is 29.4 Å². The van der Waals surface area contributed by atoms with Crippen LogP contribution in [0.2, 0.25) is 0 Å². The summed E-state index contributed by atoms with van der Waals surface area (Å²) in [6.45, 7) is 0.536. The van der Waals surface area contributed by atoms with Crippen LogP contribution in [0.3, 0.4) is 0 Å². The third kappa shape index (κ3) is 2.05. The van der Waals surface area contributed by atoms with Crippen molar-refractivity contribution in [2.24, 2.45) is 0 Å². The Hall–Kier alpha value is -2.92. The Morgan fingerprint density at radius 3 is 1.04 bits per heavy atom. The second-order valence-corrected chi connectivity index (χ2v) is 7.84. The average molecular weight is 394 g/mol. The Morgan fingerprint density at radius 2 is 0.714 bits per heavy atom. The van der Waals surface area contributed by atoms with Crippen molar-refractivity contribution in [1.29, 1.82) is 0 Å². The predicted octanol–water partition coefficient (Wildman–Crippen LogP) is -0.980. The fourth-order valence-corrected chi connectivity index (χ4v) is 4.94. The number of fused-ring (bicyclic) bond motifs is 2. The van der Waals surface area contributed by atoms with Gasteiger partial charge in [0.2, 0.25) is 0 Å². The van der Waals surface area contributed by atoms with Gasteiger partial charge >= 0.3 is 24.1 Å². The third-order valence-corrected chi connectivity index (χ3v) is 6.44. The fourth-order valence-electron chi connectivity index (χ4n) is 4.94. The molecule has 4 atom stereocenters. The summed E-state index contributed by atoms with van der Waals surface area (Å²) in [5.41, 5.74) is 0. The van der Waals surface area contributed by atoms with Crippen molar-refractivity contribution in [3.63, 3.8) is 0 Å². The maximum absolute atomic E-state index is 12.8. The Morgan fingerprint density at radius 1 is 0.464 bits per heavy atom. The largest absolute Gasteiger partial charge is 0.323 e. The van der Waals surface area contributed by atoms with Gasteiger partial charge in [-0.15, -0.1) is 0 Å². The second-order valence-electron chi connectivity index (χ2n) is 7.84. The molecule has 4 fully saturated rings. The first-order chi connectivity index (χ1) is 13.1. The molecule has 0 N–H and O–H groups in total. The highest BCUT2D eigenvalue weighted by Gasteiger charge is 2.58. The van der Waals surface area contributed by atoms with Crippen LogP contribution in [0.5, 0.6) is 0 Å². The normalized spacial score (nSPS) is 32.6. The number of hydrogen-bond donors (Lipinski definition) is 0.